The van der Waals surface area contributed by atoms with Gasteiger partial charge in [0.25, 0.3) is 0 Å². The van der Waals surface area contributed by atoms with Crippen molar-refractivity contribution in [3.05, 3.63) is 22.8 Å². The van der Waals surface area contributed by atoms with Crippen LogP contribution in [0.25, 0.3) is 0 Å². The number of hydrogen-bond acceptors (Lipinski definition) is 6. The van der Waals surface area contributed by atoms with Gasteiger partial charge in [-0.2, -0.15) is 0 Å². The van der Waals surface area contributed by atoms with Crippen molar-refractivity contribution < 1.29 is 4.79 Å². The lowest BCUT2D eigenvalue weighted by Crippen LogP contribution is -2.33. The van der Waals surface area contributed by atoms with Gasteiger partial charge >= 0.3 is 6.03 Å². The first-order chi connectivity index (χ1) is 8.66. The zero-order valence-electron chi connectivity index (χ0n) is 10.0. The van der Waals surface area contributed by atoms with E-state index in [1.807, 2.05) is 5.38 Å². The molecule has 2 aromatic heterocycles. The van der Waals surface area contributed by atoms with Crippen molar-refractivity contribution in [2.75, 3.05) is 18.9 Å². The minimum atomic E-state index is -0.163. The molecule has 0 aromatic carbocycles. The van der Waals surface area contributed by atoms with Crippen LogP contribution in [0.5, 0.6) is 0 Å². The Balaban J connectivity index is 1.87. The maximum Gasteiger partial charge on any atom is 0.322 e. The highest BCUT2D eigenvalue weighted by Crippen LogP contribution is 2.18. The molecule has 2 heterocycles. The summed E-state index contributed by atoms with van der Waals surface area (Å²) in [5.41, 5.74) is 0. The third kappa shape index (κ3) is 3.23. The van der Waals surface area contributed by atoms with E-state index in [4.69, 9.17) is 0 Å². The van der Waals surface area contributed by atoms with Crippen LogP contribution in [0, 0.1) is 0 Å². The molecule has 2 aromatic rings. The van der Waals surface area contributed by atoms with Gasteiger partial charge in [0.15, 0.2) is 0 Å². The molecule has 6 nitrogen and oxygen atoms in total. The molecule has 0 aliphatic rings. The Labute approximate surface area is 113 Å². The first-order valence-corrected chi connectivity index (χ1v) is 7.01. The van der Waals surface area contributed by atoms with Crippen LogP contribution in [0.1, 0.15) is 17.8 Å². The second-order valence-electron chi connectivity index (χ2n) is 3.86. The van der Waals surface area contributed by atoms with E-state index < -0.39 is 0 Å². The molecule has 0 unspecified atom stereocenters. The highest BCUT2D eigenvalue weighted by Gasteiger charge is 2.15. The first kappa shape index (κ1) is 12.9. The van der Waals surface area contributed by atoms with Gasteiger partial charge in [-0.15, -0.1) is 16.4 Å². The molecule has 0 aliphatic carbocycles. The summed E-state index contributed by atoms with van der Waals surface area (Å²) >= 11 is 2.76. The summed E-state index contributed by atoms with van der Waals surface area (Å²) in [6.45, 7) is 2.67. The monoisotopic (exact) mass is 283 g/mol. The molecule has 2 amide bonds. The van der Waals surface area contributed by atoms with Crippen LogP contribution < -0.4 is 5.32 Å². The molecule has 0 fully saturated rings. The highest BCUT2D eigenvalue weighted by molar-refractivity contribution is 7.10. The van der Waals surface area contributed by atoms with Crippen LogP contribution >= 0.6 is 22.9 Å². The van der Waals surface area contributed by atoms with Crippen LogP contribution in [-0.4, -0.2) is 39.1 Å². The summed E-state index contributed by atoms with van der Waals surface area (Å²) in [5, 5.41) is 10.0. The molecule has 0 bridgehead atoms. The number of carbonyl (C=O) groups is 1. The standard InChI is InChI=1S/C10H13N5OS2/c1-7(9-11-3-4-17-9)6-15(2)10(16)13-8-5-12-14-18-8/h3-5,7H,6H2,1-2H3,(H,13,16)/t7-/m1/s1. The number of aromatic nitrogens is 3. The molecule has 0 radical (unpaired) electrons. The van der Waals surface area contributed by atoms with Gasteiger partial charge < -0.3 is 4.90 Å². The Morgan fingerprint density at radius 3 is 3.06 bits per heavy atom. The Bertz CT molecular complexity index is 484. The molecule has 96 valence electrons. The van der Waals surface area contributed by atoms with Crippen LogP contribution in [0.2, 0.25) is 0 Å². The fraction of sp³-hybridized carbons (Fsp3) is 0.400. The van der Waals surface area contributed by atoms with Crippen LogP contribution in [0.4, 0.5) is 9.80 Å². The smallest absolute Gasteiger partial charge is 0.322 e. The van der Waals surface area contributed by atoms with Crippen LogP contribution in [0.15, 0.2) is 17.8 Å². The number of nitrogens with zero attached hydrogens (tertiary/aromatic N) is 4. The van der Waals surface area contributed by atoms with Gasteiger partial charge in [-0.1, -0.05) is 11.4 Å². The van der Waals surface area contributed by atoms with E-state index in [0.717, 1.165) is 16.5 Å². The minimum absolute atomic E-state index is 0.163. The van der Waals surface area contributed by atoms with Crippen LogP contribution in [-0.2, 0) is 0 Å². The average molecular weight is 283 g/mol. The molecule has 0 spiro atoms. The predicted molar refractivity (Wildman–Crippen MR) is 72.1 cm³/mol. The van der Waals surface area contributed by atoms with Crippen molar-refractivity contribution in [3.8, 4) is 0 Å². The van der Waals surface area contributed by atoms with Gasteiger partial charge in [0.2, 0.25) is 0 Å². The van der Waals surface area contributed by atoms with Crippen molar-refractivity contribution in [2.24, 2.45) is 0 Å². The highest BCUT2D eigenvalue weighted by atomic mass is 32.1. The Morgan fingerprint density at radius 1 is 1.61 bits per heavy atom. The molecule has 0 saturated carbocycles. The molecule has 8 heteroatoms. The summed E-state index contributed by atoms with van der Waals surface area (Å²) in [6, 6.07) is -0.163. The number of urea groups is 1. The second kappa shape index (κ2) is 5.87. The number of carbonyl (C=O) groups excluding carboxylic acids is 1. The van der Waals surface area contributed by atoms with Gasteiger partial charge in [0, 0.05) is 42.6 Å². The summed E-state index contributed by atoms with van der Waals surface area (Å²) in [6.07, 6.45) is 3.31. The van der Waals surface area contributed by atoms with Crippen molar-refractivity contribution in [3.63, 3.8) is 0 Å². The van der Waals surface area contributed by atoms with E-state index in [-0.39, 0.29) is 11.9 Å². The molecule has 0 aliphatic heterocycles. The maximum absolute atomic E-state index is 11.9. The first-order valence-electron chi connectivity index (χ1n) is 5.35. The average Bonchev–Trinajstić information content (AvgIpc) is 3.01. The van der Waals surface area contributed by atoms with Crippen molar-refractivity contribution in [1.29, 1.82) is 0 Å². The quantitative estimate of drug-likeness (QED) is 0.934. The van der Waals surface area contributed by atoms with E-state index in [9.17, 15) is 4.79 Å². The number of nitrogens with one attached hydrogen (secondary N) is 1. The largest absolute Gasteiger partial charge is 0.327 e. The van der Waals surface area contributed by atoms with E-state index in [0.29, 0.717) is 11.5 Å². The summed E-state index contributed by atoms with van der Waals surface area (Å²) in [7, 11) is 1.76. The summed E-state index contributed by atoms with van der Waals surface area (Å²) < 4.78 is 3.69. The third-order valence-corrected chi connectivity index (χ3v) is 3.95. The Kier molecular flexibility index (Phi) is 4.21. The summed E-state index contributed by atoms with van der Waals surface area (Å²) in [4.78, 5) is 17.7. The molecule has 0 saturated heterocycles. The number of hydrogen-bond donors (Lipinski definition) is 1. The fourth-order valence-corrected chi connectivity index (χ4v) is 2.57. The molecule has 1 N–H and O–H groups in total. The number of rotatable bonds is 4. The third-order valence-electron chi connectivity index (χ3n) is 2.36. The lowest BCUT2D eigenvalue weighted by atomic mass is 10.2. The Morgan fingerprint density at radius 2 is 2.44 bits per heavy atom. The van der Waals surface area contributed by atoms with E-state index in [2.05, 4.69) is 26.8 Å². The fourth-order valence-electron chi connectivity index (χ4n) is 1.47. The minimum Gasteiger partial charge on any atom is -0.327 e. The van der Waals surface area contributed by atoms with E-state index in [1.54, 1.807) is 29.5 Å². The number of amides is 2. The second-order valence-corrected chi connectivity index (χ2v) is 5.58. The van der Waals surface area contributed by atoms with E-state index in [1.165, 1.54) is 6.20 Å². The predicted octanol–water partition coefficient (Wildman–Crippen LogP) is 2.26. The van der Waals surface area contributed by atoms with Gasteiger partial charge in [-0.3, -0.25) is 5.32 Å². The number of thiazole rings is 1. The molecular weight excluding hydrogens is 270 g/mol. The van der Waals surface area contributed by atoms with Crippen molar-refractivity contribution in [1.82, 2.24) is 19.5 Å². The Hall–Kier alpha value is -1.54. The number of likely N-dealkylation sites (N-methyl/N-ethyl adjacent to an activating group) is 1. The maximum atomic E-state index is 11.9. The topological polar surface area (TPSA) is 71.0 Å². The zero-order valence-corrected chi connectivity index (χ0v) is 11.7. The zero-order chi connectivity index (χ0) is 13.0. The van der Waals surface area contributed by atoms with Gasteiger partial charge in [0.1, 0.15) is 5.00 Å². The normalized spacial score (nSPS) is 12.1. The number of anilines is 1. The van der Waals surface area contributed by atoms with Crippen molar-refractivity contribution >= 4 is 33.9 Å². The summed E-state index contributed by atoms with van der Waals surface area (Å²) in [5.74, 6) is 0.223. The lowest BCUT2D eigenvalue weighted by Gasteiger charge is -2.20. The molecular formula is C10H13N5OS2. The van der Waals surface area contributed by atoms with E-state index >= 15 is 0 Å². The molecule has 2 rings (SSSR count). The van der Waals surface area contributed by atoms with Crippen LogP contribution in [0.3, 0.4) is 0 Å². The molecule has 1 atom stereocenters. The van der Waals surface area contributed by atoms with Gasteiger partial charge in [-0.25, -0.2) is 9.78 Å². The SMILES string of the molecule is C[C@H](CN(C)C(=O)Nc1cnns1)c1nccs1. The van der Waals surface area contributed by atoms with Gasteiger partial charge in [0.05, 0.1) is 11.2 Å². The molecule has 18 heavy (non-hydrogen) atoms. The van der Waals surface area contributed by atoms with Gasteiger partial charge in [-0.05, 0) is 0 Å². The lowest BCUT2D eigenvalue weighted by molar-refractivity contribution is 0.220. The van der Waals surface area contributed by atoms with Crippen molar-refractivity contribution in [2.45, 2.75) is 12.8 Å².